The highest BCUT2D eigenvalue weighted by Gasteiger charge is 2.35. The summed E-state index contributed by atoms with van der Waals surface area (Å²) in [6.07, 6.45) is -0.00760. The summed E-state index contributed by atoms with van der Waals surface area (Å²) in [6, 6.07) is 15.3. The van der Waals surface area contributed by atoms with E-state index in [1.807, 2.05) is 6.07 Å². The van der Waals surface area contributed by atoms with Crippen molar-refractivity contribution in [1.82, 2.24) is 0 Å². The van der Waals surface area contributed by atoms with E-state index >= 15 is 0 Å². The quantitative estimate of drug-likeness (QED) is 0.380. The van der Waals surface area contributed by atoms with Crippen LogP contribution in [0, 0.1) is 0 Å². The second-order valence-electron chi connectivity index (χ2n) is 7.55. The zero-order chi connectivity index (χ0) is 22.2. The summed E-state index contributed by atoms with van der Waals surface area (Å²) in [5.41, 5.74) is 1.66. The normalized spacial score (nSPS) is 16.7. The van der Waals surface area contributed by atoms with Crippen LogP contribution in [0.4, 0.5) is 0 Å². The van der Waals surface area contributed by atoms with E-state index in [-0.39, 0.29) is 29.3 Å². The van der Waals surface area contributed by atoms with Gasteiger partial charge in [-0.05, 0) is 29.8 Å². The van der Waals surface area contributed by atoms with Crippen LogP contribution in [0.3, 0.4) is 0 Å². The molecule has 5 rings (SSSR count). The number of phenols is 1. The van der Waals surface area contributed by atoms with Crippen molar-refractivity contribution in [2.75, 3.05) is 20.3 Å². The fraction of sp³-hybridized carbons (Fsp3) is 0.200. The molecule has 0 saturated carbocycles. The van der Waals surface area contributed by atoms with Crippen molar-refractivity contribution in [2.45, 2.75) is 12.3 Å². The number of benzene rings is 3. The lowest BCUT2D eigenvalue weighted by Crippen LogP contribution is -2.22. The van der Waals surface area contributed by atoms with Crippen LogP contribution in [0.1, 0.15) is 39.4 Å². The molecular formula is C25H20O7. The van der Waals surface area contributed by atoms with Gasteiger partial charge in [0.05, 0.1) is 19.1 Å². The van der Waals surface area contributed by atoms with Crippen LogP contribution < -0.4 is 18.9 Å². The Morgan fingerprint density at radius 3 is 2.59 bits per heavy atom. The molecule has 1 unspecified atom stereocenters. The maximum absolute atomic E-state index is 13.0. The maximum atomic E-state index is 13.0. The number of fused-ring (bicyclic) bond motifs is 2. The number of hydrogen-bond acceptors (Lipinski definition) is 7. The van der Waals surface area contributed by atoms with Crippen molar-refractivity contribution in [3.8, 4) is 28.7 Å². The van der Waals surface area contributed by atoms with Gasteiger partial charge < -0.3 is 24.1 Å². The van der Waals surface area contributed by atoms with E-state index in [1.54, 1.807) is 42.5 Å². The van der Waals surface area contributed by atoms with Gasteiger partial charge in [0.25, 0.3) is 0 Å². The van der Waals surface area contributed by atoms with Gasteiger partial charge in [0.15, 0.2) is 17.3 Å². The van der Waals surface area contributed by atoms with Gasteiger partial charge in [0, 0.05) is 17.0 Å². The zero-order valence-electron chi connectivity index (χ0n) is 17.3. The lowest BCUT2D eigenvalue weighted by atomic mass is 9.83. The van der Waals surface area contributed by atoms with E-state index in [0.29, 0.717) is 47.2 Å². The monoisotopic (exact) mass is 432 g/mol. The number of ether oxygens (including phenoxy) is 4. The van der Waals surface area contributed by atoms with Crippen molar-refractivity contribution in [1.29, 1.82) is 0 Å². The number of phenolic OH excluding ortho intramolecular Hbond substituents is 1. The fourth-order valence-electron chi connectivity index (χ4n) is 4.16. The number of methoxy groups -OCH3 is 1. The molecule has 0 spiro atoms. The van der Waals surface area contributed by atoms with E-state index in [1.165, 1.54) is 13.2 Å². The number of carbonyl (C=O) groups is 2. The molecule has 0 radical (unpaired) electrons. The number of hydrogen-bond donors (Lipinski definition) is 1. The molecule has 1 atom stereocenters. The molecular weight excluding hydrogens is 412 g/mol. The molecule has 0 bridgehead atoms. The summed E-state index contributed by atoms with van der Waals surface area (Å²) in [5, 5.41) is 11.1. The summed E-state index contributed by atoms with van der Waals surface area (Å²) in [7, 11) is 1.52. The van der Waals surface area contributed by atoms with Gasteiger partial charge in [0.1, 0.15) is 24.7 Å². The SMILES string of the molecule is COc1cc(C2CC(=O)Oc3ccc(C(=O)c4ccccc4)c(O)c32)cc2c1OCCO2. The molecule has 7 heteroatoms. The van der Waals surface area contributed by atoms with Gasteiger partial charge in [0.2, 0.25) is 5.75 Å². The number of aromatic hydroxyl groups is 1. The summed E-state index contributed by atoms with van der Waals surface area (Å²) in [6.45, 7) is 0.802. The molecule has 0 amide bonds. The molecule has 2 aliphatic rings. The Bertz CT molecular complexity index is 1200. The minimum absolute atomic E-state index is 0.00760. The smallest absolute Gasteiger partial charge is 0.312 e. The van der Waals surface area contributed by atoms with Crippen LogP contribution in [0.2, 0.25) is 0 Å². The Morgan fingerprint density at radius 2 is 1.81 bits per heavy atom. The van der Waals surface area contributed by atoms with E-state index in [0.717, 1.165) is 0 Å². The van der Waals surface area contributed by atoms with Gasteiger partial charge in [-0.2, -0.15) is 0 Å². The van der Waals surface area contributed by atoms with Crippen LogP contribution in [0.25, 0.3) is 0 Å². The first-order chi connectivity index (χ1) is 15.6. The minimum Gasteiger partial charge on any atom is -0.507 e. The Hall–Kier alpha value is -4.00. The predicted molar refractivity (Wildman–Crippen MR) is 114 cm³/mol. The van der Waals surface area contributed by atoms with E-state index in [2.05, 4.69) is 0 Å². The van der Waals surface area contributed by atoms with E-state index < -0.39 is 11.9 Å². The van der Waals surface area contributed by atoms with Crippen molar-refractivity contribution in [3.63, 3.8) is 0 Å². The standard InChI is InChI=1S/C25H20O7/c1-29-19-11-15(12-20-25(19)31-10-9-30-20)17-13-21(26)32-18-8-7-16(24(28)22(17)18)23(27)14-5-3-2-4-6-14/h2-8,11-12,17,28H,9-10,13H2,1H3. The molecule has 1 N–H and O–H groups in total. The summed E-state index contributed by atoms with van der Waals surface area (Å²) in [4.78, 5) is 25.4. The Balaban J connectivity index is 1.64. The average molecular weight is 432 g/mol. The molecule has 0 aliphatic carbocycles. The first-order valence-electron chi connectivity index (χ1n) is 10.2. The van der Waals surface area contributed by atoms with Crippen molar-refractivity contribution in [3.05, 3.63) is 76.9 Å². The van der Waals surface area contributed by atoms with Crippen molar-refractivity contribution < 1.29 is 33.6 Å². The van der Waals surface area contributed by atoms with E-state index in [4.69, 9.17) is 18.9 Å². The number of rotatable bonds is 4. The highest BCUT2D eigenvalue weighted by Crippen LogP contribution is 2.49. The Kier molecular flexibility index (Phi) is 4.93. The van der Waals surface area contributed by atoms with Crippen LogP contribution in [-0.4, -0.2) is 37.2 Å². The lowest BCUT2D eigenvalue weighted by Gasteiger charge is -2.28. The average Bonchev–Trinajstić information content (AvgIpc) is 2.83. The third-order valence-corrected chi connectivity index (χ3v) is 5.65. The molecule has 3 aromatic carbocycles. The second kappa shape index (κ2) is 7.92. The fourth-order valence-corrected chi connectivity index (χ4v) is 4.16. The zero-order valence-corrected chi connectivity index (χ0v) is 17.3. The van der Waals surface area contributed by atoms with Crippen LogP contribution in [0.15, 0.2) is 54.6 Å². The van der Waals surface area contributed by atoms with Crippen LogP contribution in [0.5, 0.6) is 28.7 Å². The topological polar surface area (TPSA) is 91.3 Å². The largest absolute Gasteiger partial charge is 0.507 e. The van der Waals surface area contributed by atoms with Gasteiger partial charge in [-0.25, -0.2) is 0 Å². The number of ketones is 1. The molecule has 2 heterocycles. The predicted octanol–water partition coefficient (Wildman–Crippen LogP) is 3.84. The van der Waals surface area contributed by atoms with E-state index in [9.17, 15) is 14.7 Å². The molecule has 0 fully saturated rings. The van der Waals surface area contributed by atoms with Crippen LogP contribution in [-0.2, 0) is 4.79 Å². The summed E-state index contributed by atoms with van der Waals surface area (Å²) in [5.74, 6) is 0.178. The Labute approximate surface area is 184 Å². The third-order valence-electron chi connectivity index (χ3n) is 5.65. The molecule has 2 aliphatic heterocycles. The molecule has 162 valence electrons. The highest BCUT2D eigenvalue weighted by atomic mass is 16.6. The number of esters is 1. The highest BCUT2D eigenvalue weighted by molar-refractivity contribution is 6.11. The molecule has 0 aromatic heterocycles. The third kappa shape index (κ3) is 3.32. The first-order valence-corrected chi connectivity index (χ1v) is 10.2. The van der Waals surface area contributed by atoms with Gasteiger partial charge in [-0.3, -0.25) is 9.59 Å². The summed E-state index contributed by atoms with van der Waals surface area (Å²) < 4.78 is 22.2. The minimum atomic E-state index is -0.556. The lowest BCUT2D eigenvalue weighted by molar-refractivity contribution is -0.135. The van der Waals surface area contributed by atoms with Crippen LogP contribution >= 0.6 is 0 Å². The van der Waals surface area contributed by atoms with Gasteiger partial charge in [-0.1, -0.05) is 30.3 Å². The molecule has 32 heavy (non-hydrogen) atoms. The first kappa shape index (κ1) is 19.9. The second-order valence-corrected chi connectivity index (χ2v) is 7.55. The molecule has 7 nitrogen and oxygen atoms in total. The summed E-state index contributed by atoms with van der Waals surface area (Å²) >= 11 is 0. The van der Waals surface area contributed by atoms with Crippen molar-refractivity contribution >= 4 is 11.8 Å². The van der Waals surface area contributed by atoms with Crippen molar-refractivity contribution in [2.24, 2.45) is 0 Å². The molecule has 0 saturated heterocycles. The van der Waals surface area contributed by atoms with Gasteiger partial charge >= 0.3 is 5.97 Å². The number of carbonyl (C=O) groups excluding carboxylic acids is 2. The van der Waals surface area contributed by atoms with Gasteiger partial charge in [-0.15, -0.1) is 0 Å². The Morgan fingerprint density at radius 1 is 1.03 bits per heavy atom. The maximum Gasteiger partial charge on any atom is 0.312 e. The molecule has 3 aromatic rings.